The second-order valence-corrected chi connectivity index (χ2v) is 6.05. The maximum Gasteiger partial charge on any atom is 0.152 e. The molecule has 0 spiro atoms. The molecule has 0 fully saturated rings. The zero-order chi connectivity index (χ0) is 13.4. The summed E-state index contributed by atoms with van der Waals surface area (Å²) in [5.74, 6) is 0. The van der Waals surface area contributed by atoms with Crippen molar-refractivity contribution in [1.82, 2.24) is 4.98 Å². The lowest BCUT2D eigenvalue weighted by Crippen LogP contribution is -2.09. The standard InChI is InChI=1S/C15H14BrClN2/c1-9-7-8-18-15(17)14(9)19-13-6-5-10-11(13)3-2-4-12(10)16/h2-4,7-8,13,19H,5-6H2,1H3. The van der Waals surface area contributed by atoms with Crippen LogP contribution in [0.2, 0.25) is 5.15 Å². The van der Waals surface area contributed by atoms with Crippen molar-refractivity contribution in [2.75, 3.05) is 5.32 Å². The number of aromatic nitrogens is 1. The molecule has 0 aliphatic heterocycles. The third-order valence-corrected chi connectivity index (χ3v) is 4.67. The van der Waals surface area contributed by atoms with E-state index in [2.05, 4.69) is 44.4 Å². The summed E-state index contributed by atoms with van der Waals surface area (Å²) in [4.78, 5) is 4.15. The van der Waals surface area contributed by atoms with Crippen molar-refractivity contribution in [3.63, 3.8) is 0 Å². The predicted octanol–water partition coefficient (Wildman–Crippen LogP) is 4.91. The van der Waals surface area contributed by atoms with Crippen LogP contribution in [0.15, 0.2) is 34.9 Å². The molecule has 1 heterocycles. The first-order chi connectivity index (χ1) is 9.16. The van der Waals surface area contributed by atoms with Gasteiger partial charge < -0.3 is 5.32 Å². The second kappa shape index (κ2) is 5.14. The minimum absolute atomic E-state index is 0.313. The van der Waals surface area contributed by atoms with Crippen molar-refractivity contribution in [3.05, 3.63) is 56.8 Å². The van der Waals surface area contributed by atoms with Crippen LogP contribution < -0.4 is 5.32 Å². The van der Waals surface area contributed by atoms with Crippen molar-refractivity contribution in [1.29, 1.82) is 0 Å². The second-order valence-electron chi connectivity index (χ2n) is 4.84. The van der Waals surface area contributed by atoms with Gasteiger partial charge in [-0.25, -0.2) is 4.98 Å². The van der Waals surface area contributed by atoms with Crippen molar-refractivity contribution >= 4 is 33.2 Å². The number of nitrogens with one attached hydrogen (secondary N) is 1. The molecule has 2 nitrogen and oxygen atoms in total. The van der Waals surface area contributed by atoms with Crippen LogP contribution in [0.25, 0.3) is 0 Å². The average Bonchev–Trinajstić information content (AvgIpc) is 2.79. The van der Waals surface area contributed by atoms with Gasteiger partial charge in [0.2, 0.25) is 0 Å². The molecule has 0 saturated carbocycles. The molecule has 4 heteroatoms. The zero-order valence-corrected chi connectivity index (χ0v) is 12.9. The smallest absolute Gasteiger partial charge is 0.152 e. The summed E-state index contributed by atoms with van der Waals surface area (Å²) in [6.07, 6.45) is 3.91. The summed E-state index contributed by atoms with van der Waals surface area (Å²) >= 11 is 9.81. The van der Waals surface area contributed by atoms with Crippen LogP contribution in [0.1, 0.15) is 29.2 Å². The largest absolute Gasteiger partial charge is 0.376 e. The number of hydrogen-bond acceptors (Lipinski definition) is 2. The first-order valence-electron chi connectivity index (χ1n) is 6.31. The molecule has 3 rings (SSSR count). The minimum Gasteiger partial charge on any atom is -0.376 e. The summed E-state index contributed by atoms with van der Waals surface area (Å²) in [6.45, 7) is 2.05. The fraction of sp³-hybridized carbons (Fsp3) is 0.267. The van der Waals surface area contributed by atoms with Gasteiger partial charge in [-0.3, -0.25) is 0 Å². The molecule has 1 atom stereocenters. The number of nitrogens with zero attached hydrogens (tertiary/aromatic N) is 1. The van der Waals surface area contributed by atoms with E-state index in [0.29, 0.717) is 11.2 Å². The third kappa shape index (κ3) is 2.37. The molecular formula is C15H14BrClN2. The number of fused-ring (bicyclic) bond motifs is 1. The molecule has 1 aliphatic rings. The number of anilines is 1. The van der Waals surface area contributed by atoms with Gasteiger partial charge in [0, 0.05) is 10.7 Å². The summed E-state index contributed by atoms with van der Waals surface area (Å²) < 4.78 is 1.20. The molecule has 0 radical (unpaired) electrons. The highest BCUT2D eigenvalue weighted by Crippen LogP contribution is 2.39. The number of hydrogen-bond donors (Lipinski definition) is 1. The first-order valence-corrected chi connectivity index (χ1v) is 7.49. The van der Waals surface area contributed by atoms with E-state index in [4.69, 9.17) is 11.6 Å². The Morgan fingerprint density at radius 1 is 1.37 bits per heavy atom. The van der Waals surface area contributed by atoms with E-state index >= 15 is 0 Å². The SMILES string of the molecule is Cc1ccnc(Cl)c1NC1CCc2c(Br)cccc21. The maximum absolute atomic E-state index is 6.18. The summed E-state index contributed by atoms with van der Waals surface area (Å²) in [5, 5.41) is 4.09. The lowest BCUT2D eigenvalue weighted by molar-refractivity contribution is 0.760. The summed E-state index contributed by atoms with van der Waals surface area (Å²) in [7, 11) is 0. The van der Waals surface area contributed by atoms with Gasteiger partial charge in [-0.05, 0) is 48.6 Å². The predicted molar refractivity (Wildman–Crippen MR) is 82.8 cm³/mol. The molecule has 1 N–H and O–H groups in total. The molecule has 0 bridgehead atoms. The molecule has 19 heavy (non-hydrogen) atoms. The Labute approximate surface area is 126 Å². The molecule has 1 aromatic heterocycles. The van der Waals surface area contributed by atoms with Crippen LogP contribution in [0.3, 0.4) is 0 Å². The van der Waals surface area contributed by atoms with Crippen LogP contribution in [0.5, 0.6) is 0 Å². The van der Waals surface area contributed by atoms with Crippen molar-refractivity contribution < 1.29 is 0 Å². The van der Waals surface area contributed by atoms with Crippen LogP contribution in [0, 0.1) is 6.92 Å². The number of pyridine rings is 1. The van der Waals surface area contributed by atoms with Gasteiger partial charge in [0.05, 0.1) is 11.7 Å². The van der Waals surface area contributed by atoms with E-state index in [9.17, 15) is 0 Å². The van der Waals surface area contributed by atoms with E-state index in [-0.39, 0.29) is 0 Å². The van der Waals surface area contributed by atoms with Gasteiger partial charge in [0.1, 0.15) is 0 Å². The van der Waals surface area contributed by atoms with Crippen LogP contribution in [0.4, 0.5) is 5.69 Å². The van der Waals surface area contributed by atoms with Crippen LogP contribution in [-0.2, 0) is 6.42 Å². The lowest BCUT2D eigenvalue weighted by Gasteiger charge is -2.18. The molecule has 1 unspecified atom stereocenters. The quantitative estimate of drug-likeness (QED) is 0.788. The Balaban J connectivity index is 1.93. The van der Waals surface area contributed by atoms with E-state index in [1.165, 1.54) is 15.6 Å². The molecular weight excluding hydrogens is 324 g/mol. The third-order valence-electron chi connectivity index (χ3n) is 3.65. The maximum atomic E-state index is 6.18. The Morgan fingerprint density at radius 3 is 3.00 bits per heavy atom. The van der Waals surface area contributed by atoms with Crippen LogP contribution >= 0.6 is 27.5 Å². The monoisotopic (exact) mass is 336 g/mol. The Kier molecular flexibility index (Phi) is 3.50. The van der Waals surface area contributed by atoms with Gasteiger partial charge in [0.25, 0.3) is 0 Å². The topological polar surface area (TPSA) is 24.9 Å². The molecule has 1 aliphatic carbocycles. The van der Waals surface area contributed by atoms with E-state index < -0.39 is 0 Å². The van der Waals surface area contributed by atoms with Gasteiger partial charge in [-0.1, -0.05) is 39.7 Å². The van der Waals surface area contributed by atoms with E-state index in [1.807, 2.05) is 13.0 Å². The highest BCUT2D eigenvalue weighted by Gasteiger charge is 2.24. The van der Waals surface area contributed by atoms with Gasteiger partial charge in [-0.2, -0.15) is 0 Å². The van der Waals surface area contributed by atoms with E-state index in [1.54, 1.807) is 6.20 Å². The van der Waals surface area contributed by atoms with Crippen molar-refractivity contribution in [3.8, 4) is 0 Å². The normalized spacial score (nSPS) is 17.3. The van der Waals surface area contributed by atoms with Gasteiger partial charge >= 0.3 is 0 Å². The van der Waals surface area contributed by atoms with Gasteiger partial charge in [0.15, 0.2) is 5.15 Å². The van der Waals surface area contributed by atoms with Gasteiger partial charge in [-0.15, -0.1) is 0 Å². The first kappa shape index (κ1) is 12.9. The van der Waals surface area contributed by atoms with Crippen LogP contribution in [-0.4, -0.2) is 4.98 Å². The zero-order valence-electron chi connectivity index (χ0n) is 10.6. The molecule has 0 saturated heterocycles. The highest BCUT2D eigenvalue weighted by molar-refractivity contribution is 9.10. The lowest BCUT2D eigenvalue weighted by atomic mass is 10.1. The minimum atomic E-state index is 0.313. The highest BCUT2D eigenvalue weighted by atomic mass is 79.9. The molecule has 98 valence electrons. The van der Waals surface area contributed by atoms with Crippen molar-refractivity contribution in [2.24, 2.45) is 0 Å². The average molecular weight is 338 g/mol. The number of aryl methyl sites for hydroxylation is 1. The molecule has 1 aromatic carbocycles. The molecule has 2 aromatic rings. The fourth-order valence-electron chi connectivity index (χ4n) is 2.63. The van der Waals surface area contributed by atoms with E-state index in [0.717, 1.165) is 24.1 Å². The summed E-state index contributed by atoms with van der Waals surface area (Å²) in [6, 6.07) is 8.66. The Bertz CT molecular complexity index is 607. The molecule has 0 amide bonds. The fourth-order valence-corrected chi connectivity index (χ4v) is 3.47. The van der Waals surface area contributed by atoms with Crippen molar-refractivity contribution in [2.45, 2.75) is 25.8 Å². The number of benzene rings is 1. The summed E-state index contributed by atoms with van der Waals surface area (Å²) in [5.41, 5.74) is 4.83. The number of rotatable bonds is 2. The number of halogens is 2. The Morgan fingerprint density at radius 2 is 2.21 bits per heavy atom. The Hall–Kier alpha value is -1.06.